The van der Waals surface area contributed by atoms with Gasteiger partial charge in [-0.05, 0) is 30.9 Å². The minimum absolute atomic E-state index is 0.0234. The number of hydrogen-bond donors (Lipinski definition) is 0. The van der Waals surface area contributed by atoms with Crippen LogP contribution >= 0.6 is 11.6 Å². The van der Waals surface area contributed by atoms with E-state index in [1.54, 1.807) is 17.0 Å². The lowest BCUT2D eigenvalue weighted by Crippen LogP contribution is -2.35. The third-order valence-electron chi connectivity index (χ3n) is 3.11. The van der Waals surface area contributed by atoms with Crippen LogP contribution in [0.5, 0.6) is 0 Å². The molecular weight excluding hydrogens is 252 g/mol. The molecule has 0 aromatic carbocycles. The van der Waals surface area contributed by atoms with Crippen LogP contribution in [0.1, 0.15) is 23.2 Å². The van der Waals surface area contributed by atoms with Gasteiger partial charge in [-0.3, -0.25) is 4.79 Å². The maximum atomic E-state index is 12.1. The summed E-state index contributed by atoms with van der Waals surface area (Å²) >= 11 is 5.70. The molecule has 0 N–H and O–H groups in total. The second-order valence-corrected chi connectivity index (χ2v) is 5.03. The zero-order chi connectivity index (χ0) is 13.0. The van der Waals surface area contributed by atoms with Crippen molar-refractivity contribution < 1.29 is 9.53 Å². The number of halogens is 1. The van der Waals surface area contributed by atoms with Gasteiger partial charge in [0.2, 0.25) is 0 Å². The van der Waals surface area contributed by atoms with Crippen LogP contribution in [-0.2, 0) is 4.74 Å². The second kappa shape index (κ2) is 6.16. The lowest BCUT2D eigenvalue weighted by molar-refractivity contribution is 0.0388. The van der Waals surface area contributed by atoms with E-state index in [1.807, 2.05) is 7.05 Å². The van der Waals surface area contributed by atoms with Gasteiger partial charge in [0.25, 0.3) is 5.91 Å². The Morgan fingerprint density at radius 3 is 3.06 bits per heavy atom. The average Bonchev–Trinajstić information content (AvgIpc) is 2.40. The van der Waals surface area contributed by atoms with Gasteiger partial charge in [-0.2, -0.15) is 0 Å². The van der Waals surface area contributed by atoms with Crippen molar-refractivity contribution in [2.45, 2.75) is 12.8 Å². The quantitative estimate of drug-likeness (QED) is 0.790. The average molecular weight is 269 g/mol. The molecule has 0 spiro atoms. The molecule has 1 unspecified atom stereocenters. The van der Waals surface area contributed by atoms with Crippen LogP contribution in [0, 0.1) is 5.92 Å². The standard InChI is InChI=1S/C13H17ClN2O2/c1-16(8-10-3-2-6-18-9-10)13(17)11-4-5-12(14)15-7-11/h4-5,7,10H,2-3,6,8-9H2,1H3. The lowest BCUT2D eigenvalue weighted by Gasteiger charge is -2.27. The molecule has 0 saturated carbocycles. The Hall–Kier alpha value is -1.13. The van der Waals surface area contributed by atoms with Gasteiger partial charge in [0.05, 0.1) is 12.2 Å². The van der Waals surface area contributed by atoms with Crippen LogP contribution < -0.4 is 0 Å². The van der Waals surface area contributed by atoms with E-state index in [1.165, 1.54) is 6.20 Å². The van der Waals surface area contributed by atoms with E-state index < -0.39 is 0 Å². The molecule has 1 amide bonds. The first-order valence-corrected chi connectivity index (χ1v) is 6.49. The number of aromatic nitrogens is 1. The summed E-state index contributed by atoms with van der Waals surface area (Å²) in [5.74, 6) is 0.415. The molecule has 0 bridgehead atoms. The molecule has 1 fully saturated rings. The predicted octanol–water partition coefficient (Wildman–Crippen LogP) is 2.23. The molecular formula is C13H17ClN2O2. The summed E-state index contributed by atoms with van der Waals surface area (Å²) in [7, 11) is 1.81. The van der Waals surface area contributed by atoms with E-state index in [-0.39, 0.29) is 5.91 Å². The molecule has 0 radical (unpaired) electrons. The van der Waals surface area contributed by atoms with Crippen molar-refractivity contribution in [1.82, 2.24) is 9.88 Å². The van der Waals surface area contributed by atoms with Crippen molar-refractivity contribution in [3.63, 3.8) is 0 Å². The van der Waals surface area contributed by atoms with Crippen molar-refractivity contribution in [3.05, 3.63) is 29.0 Å². The third kappa shape index (κ3) is 3.43. The van der Waals surface area contributed by atoms with E-state index in [0.717, 1.165) is 32.6 Å². The van der Waals surface area contributed by atoms with Crippen molar-refractivity contribution >= 4 is 17.5 Å². The topological polar surface area (TPSA) is 42.4 Å². The maximum Gasteiger partial charge on any atom is 0.255 e. The number of carbonyl (C=O) groups excluding carboxylic acids is 1. The van der Waals surface area contributed by atoms with Crippen LogP contribution in [0.3, 0.4) is 0 Å². The summed E-state index contributed by atoms with van der Waals surface area (Å²) in [6.07, 6.45) is 3.71. The van der Waals surface area contributed by atoms with Gasteiger partial charge in [-0.15, -0.1) is 0 Å². The minimum atomic E-state index is -0.0234. The Morgan fingerprint density at radius 2 is 2.44 bits per heavy atom. The summed E-state index contributed by atoms with van der Waals surface area (Å²) in [4.78, 5) is 17.8. The number of ether oxygens (including phenoxy) is 1. The fraction of sp³-hybridized carbons (Fsp3) is 0.538. The van der Waals surface area contributed by atoms with Crippen LogP contribution in [0.4, 0.5) is 0 Å². The highest BCUT2D eigenvalue weighted by molar-refractivity contribution is 6.29. The number of hydrogen-bond acceptors (Lipinski definition) is 3. The molecule has 1 aromatic rings. The zero-order valence-corrected chi connectivity index (χ0v) is 11.2. The van der Waals surface area contributed by atoms with Crippen molar-refractivity contribution in [3.8, 4) is 0 Å². The largest absolute Gasteiger partial charge is 0.381 e. The Kier molecular flexibility index (Phi) is 4.55. The molecule has 18 heavy (non-hydrogen) atoms. The summed E-state index contributed by atoms with van der Waals surface area (Å²) in [5.41, 5.74) is 0.568. The summed E-state index contributed by atoms with van der Waals surface area (Å²) in [6, 6.07) is 3.33. The van der Waals surface area contributed by atoms with Crippen molar-refractivity contribution in [2.24, 2.45) is 5.92 Å². The van der Waals surface area contributed by atoms with E-state index in [4.69, 9.17) is 16.3 Å². The highest BCUT2D eigenvalue weighted by Gasteiger charge is 2.19. The maximum absolute atomic E-state index is 12.1. The van der Waals surface area contributed by atoms with Crippen LogP contribution in [0.15, 0.2) is 18.3 Å². The molecule has 98 valence electrons. The fourth-order valence-corrected chi connectivity index (χ4v) is 2.26. The van der Waals surface area contributed by atoms with Crippen molar-refractivity contribution in [1.29, 1.82) is 0 Å². The molecule has 4 nitrogen and oxygen atoms in total. The monoisotopic (exact) mass is 268 g/mol. The van der Waals surface area contributed by atoms with Gasteiger partial charge in [-0.25, -0.2) is 4.98 Å². The predicted molar refractivity (Wildman–Crippen MR) is 69.8 cm³/mol. The number of carbonyl (C=O) groups is 1. The molecule has 2 heterocycles. The van der Waals surface area contributed by atoms with Gasteiger partial charge < -0.3 is 9.64 Å². The Morgan fingerprint density at radius 1 is 1.61 bits per heavy atom. The molecule has 2 rings (SSSR count). The van der Waals surface area contributed by atoms with Gasteiger partial charge >= 0.3 is 0 Å². The second-order valence-electron chi connectivity index (χ2n) is 4.64. The smallest absolute Gasteiger partial charge is 0.255 e. The van der Waals surface area contributed by atoms with E-state index in [0.29, 0.717) is 16.6 Å². The molecule has 1 atom stereocenters. The lowest BCUT2D eigenvalue weighted by atomic mass is 10.0. The number of rotatable bonds is 3. The first kappa shape index (κ1) is 13.3. The van der Waals surface area contributed by atoms with E-state index in [9.17, 15) is 4.79 Å². The Balaban J connectivity index is 1.93. The normalized spacial score (nSPS) is 19.6. The SMILES string of the molecule is CN(CC1CCCOC1)C(=O)c1ccc(Cl)nc1. The van der Waals surface area contributed by atoms with Gasteiger partial charge in [-0.1, -0.05) is 11.6 Å². The Labute approximate surface area is 112 Å². The first-order chi connectivity index (χ1) is 8.66. The van der Waals surface area contributed by atoms with Crippen LogP contribution in [0.2, 0.25) is 5.15 Å². The summed E-state index contributed by atoms with van der Waals surface area (Å²) in [5, 5.41) is 0.398. The van der Waals surface area contributed by atoms with Crippen LogP contribution in [-0.4, -0.2) is 42.6 Å². The number of pyridine rings is 1. The van der Waals surface area contributed by atoms with E-state index >= 15 is 0 Å². The first-order valence-electron chi connectivity index (χ1n) is 6.11. The molecule has 1 aliphatic rings. The third-order valence-corrected chi connectivity index (χ3v) is 3.33. The fourth-order valence-electron chi connectivity index (χ4n) is 2.14. The van der Waals surface area contributed by atoms with Gasteiger partial charge in [0.1, 0.15) is 5.15 Å². The molecule has 1 aliphatic heterocycles. The molecule has 1 aromatic heterocycles. The van der Waals surface area contributed by atoms with E-state index in [2.05, 4.69) is 4.98 Å². The summed E-state index contributed by atoms with van der Waals surface area (Å²) < 4.78 is 5.42. The molecule has 0 aliphatic carbocycles. The number of nitrogens with zero attached hydrogens (tertiary/aromatic N) is 2. The van der Waals surface area contributed by atoms with Gasteiger partial charge in [0, 0.05) is 26.4 Å². The Bertz CT molecular complexity index is 402. The molecule has 5 heteroatoms. The van der Waals surface area contributed by atoms with Gasteiger partial charge in [0.15, 0.2) is 0 Å². The van der Waals surface area contributed by atoms with Crippen molar-refractivity contribution in [2.75, 3.05) is 26.8 Å². The molecule has 1 saturated heterocycles. The highest BCUT2D eigenvalue weighted by Crippen LogP contribution is 2.15. The highest BCUT2D eigenvalue weighted by atomic mass is 35.5. The number of amides is 1. The van der Waals surface area contributed by atoms with Crippen LogP contribution in [0.25, 0.3) is 0 Å². The zero-order valence-electron chi connectivity index (χ0n) is 10.4. The minimum Gasteiger partial charge on any atom is -0.381 e. The summed E-state index contributed by atoms with van der Waals surface area (Å²) in [6.45, 7) is 2.31.